The maximum atomic E-state index is 13.3. The molecule has 1 unspecified atom stereocenters. The Morgan fingerprint density at radius 3 is 2.63 bits per heavy atom. The number of anilines is 2. The monoisotopic (exact) mass is 510 g/mol. The molecule has 1 amide bonds. The largest absolute Gasteiger partial charge is 0.350 e. The Labute approximate surface area is 208 Å². The fraction of sp³-hybridized carbons (Fsp3) is 0.208. The fourth-order valence-corrected chi connectivity index (χ4v) is 4.81. The summed E-state index contributed by atoms with van der Waals surface area (Å²) in [6, 6.07) is 18.6. The number of carbonyl (C=O) groups is 1. The van der Waals surface area contributed by atoms with Crippen molar-refractivity contribution in [3.05, 3.63) is 72.2 Å². The van der Waals surface area contributed by atoms with E-state index in [4.69, 9.17) is 5.14 Å². The Kier molecular flexibility index (Phi) is 8.03. The average molecular weight is 511 g/mol. The summed E-state index contributed by atoms with van der Waals surface area (Å²) in [4.78, 5) is 22.3. The molecule has 0 aliphatic heterocycles. The van der Waals surface area contributed by atoms with Crippen LogP contribution in [-0.2, 0) is 15.0 Å². The predicted molar refractivity (Wildman–Crippen MR) is 140 cm³/mol. The van der Waals surface area contributed by atoms with Gasteiger partial charge in [-0.3, -0.25) is 9.78 Å². The lowest BCUT2D eigenvalue weighted by Crippen LogP contribution is -2.35. The van der Waals surface area contributed by atoms with E-state index in [1.165, 1.54) is 11.3 Å². The lowest BCUT2D eigenvalue weighted by atomic mass is 10.1. The zero-order chi connectivity index (χ0) is 24.7. The first-order valence-electron chi connectivity index (χ1n) is 11.1. The van der Waals surface area contributed by atoms with Gasteiger partial charge in [-0.1, -0.05) is 48.5 Å². The van der Waals surface area contributed by atoms with E-state index in [1.807, 2.05) is 66.0 Å². The van der Waals surface area contributed by atoms with E-state index in [-0.39, 0.29) is 12.5 Å². The summed E-state index contributed by atoms with van der Waals surface area (Å²) in [5.41, 5.74) is 3.15. The summed E-state index contributed by atoms with van der Waals surface area (Å²) >= 11 is 1.42. The first-order chi connectivity index (χ1) is 16.9. The van der Waals surface area contributed by atoms with E-state index in [1.54, 1.807) is 6.20 Å². The number of amides is 1. The molecule has 5 N–H and O–H groups in total. The first kappa shape index (κ1) is 24.7. The Balaban J connectivity index is 1.48. The zero-order valence-corrected chi connectivity index (χ0v) is 20.5. The molecule has 0 fully saturated rings. The van der Waals surface area contributed by atoms with Gasteiger partial charge in [0.2, 0.25) is 5.91 Å². The van der Waals surface area contributed by atoms with Crippen LogP contribution >= 0.6 is 11.3 Å². The van der Waals surface area contributed by atoms with Crippen LogP contribution in [0.15, 0.2) is 72.2 Å². The van der Waals surface area contributed by atoms with Crippen molar-refractivity contribution < 1.29 is 13.2 Å². The van der Waals surface area contributed by atoms with E-state index in [0.29, 0.717) is 35.6 Å². The Morgan fingerprint density at radius 1 is 1.03 bits per heavy atom. The molecule has 182 valence electrons. The number of unbranched alkanes of at least 4 members (excludes halogenated alkanes) is 1. The summed E-state index contributed by atoms with van der Waals surface area (Å²) < 4.78 is 24.4. The lowest BCUT2D eigenvalue weighted by molar-refractivity contribution is -0.117. The van der Waals surface area contributed by atoms with Crippen LogP contribution in [0.3, 0.4) is 0 Å². The van der Waals surface area contributed by atoms with Gasteiger partial charge >= 0.3 is 0 Å². The maximum absolute atomic E-state index is 13.3. The lowest BCUT2D eigenvalue weighted by Gasteiger charge is -2.18. The third-order valence-electron chi connectivity index (χ3n) is 5.30. The molecular formula is C24H26N6O3S2. The number of nitrogens with one attached hydrogen (secondary N) is 3. The first-order valence-corrected chi connectivity index (χ1v) is 13.5. The number of pyridine rings is 1. The van der Waals surface area contributed by atoms with Crippen LogP contribution < -0.4 is 20.5 Å². The third kappa shape index (κ3) is 7.06. The van der Waals surface area contributed by atoms with E-state index < -0.39 is 16.3 Å². The molecule has 11 heteroatoms. The highest BCUT2D eigenvalue weighted by molar-refractivity contribution is 7.87. The van der Waals surface area contributed by atoms with Gasteiger partial charge in [-0.2, -0.15) is 8.42 Å². The predicted octanol–water partition coefficient (Wildman–Crippen LogP) is 3.74. The van der Waals surface area contributed by atoms with Gasteiger partial charge in [0, 0.05) is 29.1 Å². The van der Waals surface area contributed by atoms with Crippen LogP contribution in [0.5, 0.6) is 0 Å². The highest BCUT2D eigenvalue weighted by atomic mass is 32.2. The van der Waals surface area contributed by atoms with Crippen molar-refractivity contribution in [2.45, 2.75) is 25.3 Å². The molecule has 0 aliphatic carbocycles. The van der Waals surface area contributed by atoms with E-state index in [0.717, 1.165) is 16.6 Å². The van der Waals surface area contributed by atoms with Gasteiger partial charge in [-0.25, -0.2) is 14.8 Å². The van der Waals surface area contributed by atoms with E-state index >= 15 is 0 Å². The molecule has 4 rings (SSSR count). The van der Waals surface area contributed by atoms with E-state index in [9.17, 15) is 13.2 Å². The quantitative estimate of drug-likeness (QED) is 0.227. The van der Waals surface area contributed by atoms with Gasteiger partial charge in [-0.15, -0.1) is 11.3 Å². The minimum atomic E-state index is -3.74. The van der Waals surface area contributed by atoms with Gasteiger partial charge in [0.25, 0.3) is 10.2 Å². The molecule has 9 nitrogen and oxygen atoms in total. The SMILES string of the molecule is NS(=O)(=O)NCCCCC(Nc1nc(-c2ccccc2)cs1)C(=O)Nc1cccc2cccnc12. The second kappa shape index (κ2) is 11.4. The Hall–Kier alpha value is -3.38. The Bertz CT molecular complexity index is 1390. The topological polar surface area (TPSA) is 139 Å². The molecule has 1 atom stereocenters. The number of hydrogen-bond acceptors (Lipinski definition) is 7. The second-order valence-corrected chi connectivity index (χ2v) is 10.1. The number of nitrogens with zero attached hydrogens (tertiary/aromatic N) is 2. The van der Waals surface area contributed by atoms with Crippen molar-refractivity contribution in [3.8, 4) is 11.3 Å². The van der Waals surface area contributed by atoms with Crippen LogP contribution in [0.4, 0.5) is 10.8 Å². The molecule has 0 aliphatic rings. The van der Waals surface area contributed by atoms with Crippen LogP contribution in [0.25, 0.3) is 22.2 Å². The van der Waals surface area contributed by atoms with Crippen molar-refractivity contribution in [2.75, 3.05) is 17.2 Å². The number of nitrogens with two attached hydrogens (primary N) is 1. The van der Waals surface area contributed by atoms with Crippen molar-refractivity contribution in [3.63, 3.8) is 0 Å². The molecular weight excluding hydrogens is 484 g/mol. The second-order valence-electron chi connectivity index (χ2n) is 7.91. The number of carbonyl (C=O) groups excluding carboxylic acids is 1. The molecule has 2 aromatic heterocycles. The van der Waals surface area contributed by atoms with E-state index in [2.05, 4.69) is 25.3 Å². The number of fused-ring (bicyclic) bond motifs is 1. The van der Waals surface area contributed by atoms with Crippen molar-refractivity contribution in [2.24, 2.45) is 5.14 Å². The third-order valence-corrected chi connectivity index (χ3v) is 6.68. The summed E-state index contributed by atoms with van der Waals surface area (Å²) in [6.07, 6.45) is 3.28. The number of hydrogen-bond donors (Lipinski definition) is 4. The minimum absolute atomic E-state index is 0.204. The molecule has 0 radical (unpaired) electrons. The van der Waals surface area contributed by atoms with Gasteiger partial charge in [-0.05, 0) is 31.4 Å². The molecule has 0 spiro atoms. The summed E-state index contributed by atoms with van der Waals surface area (Å²) in [5.74, 6) is -0.223. The van der Waals surface area contributed by atoms with Crippen molar-refractivity contribution in [1.82, 2.24) is 14.7 Å². The number of thiazole rings is 1. The van der Waals surface area contributed by atoms with Gasteiger partial charge < -0.3 is 10.6 Å². The average Bonchev–Trinajstić information content (AvgIpc) is 3.32. The zero-order valence-electron chi connectivity index (χ0n) is 18.8. The smallest absolute Gasteiger partial charge is 0.274 e. The highest BCUT2D eigenvalue weighted by Gasteiger charge is 2.21. The van der Waals surface area contributed by atoms with Crippen LogP contribution in [0, 0.1) is 0 Å². The molecule has 35 heavy (non-hydrogen) atoms. The number of aromatic nitrogens is 2. The number of benzene rings is 2. The number of para-hydroxylation sites is 1. The molecule has 2 heterocycles. The van der Waals surface area contributed by atoms with Gasteiger partial charge in [0.15, 0.2) is 5.13 Å². The normalized spacial score (nSPS) is 12.4. The molecule has 0 saturated heterocycles. The molecule has 4 aromatic rings. The van der Waals surface area contributed by atoms with Crippen LogP contribution in [-0.4, -0.2) is 36.9 Å². The molecule has 2 aromatic carbocycles. The fourth-order valence-electron chi connectivity index (χ4n) is 3.61. The highest BCUT2D eigenvalue weighted by Crippen LogP contribution is 2.26. The Morgan fingerprint density at radius 2 is 1.83 bits per heavy atom. The maximum Gasteiger partial charge on any atom is 0.274 e. The summed E-state index contributed by atoms with van der Waals surface area (Å²) in [5, 5.41) is 14.7. The molecule has 0 saturated carbocycles. The van der Waals surface area contributed by atoms with Gasteiger partial charge in [0.1, 0.15) is 6.04 Å². The minimum Gasteiger partial charge on any atom is -0.350 e. The van der Waals surface area contributed by atoms with Crippen molar-refractivity contribution >= 4 is 49.2 Å². The summed E-state index contributed by atoms with van der Waals surface area (Å²) in [7, 11) is -3.74. The van der Waals surface area contributed by atoms with Crippen molar-refractivity contribution in [1.29, 1.82) is 0 Å². The summed E-state index contributed by atoms with van der Waals surface area (Å²) in [6.45, 7) is 0.204. The van der Waals surface area contributed by atoms with Gasteiger partial charge in [0.05, 0.1) is 16.9 Å². The van der Waals surface area contributed by atoms with Crippen LogP contribution in [0.2, 0.25) is 0 Å². The van der Waals surface area contributed by atoms with Crippen LogP contribution in [0.1, 0.15) is 19.3 Å². The molecule has 0 bridgehead atoms. The number of rotatable bonds is 11. The standard InChI is InChI=1S/C24H26N6O3S2/c25-35(32,33)27-15-5-4-12-20(29-24-30-21(16-34-24)17-8-2-1-3-9-17)23(31)28-19-13-6-10-18-11-7-14-26-22(18)19/h1-3,6-11,13-14,16,20,27H,4-5,12,15H2,(H,28,31)(H,29,30)(H2,25,32,33).